The predicted octanol–water partition coefficient (Wildman–Crippen LogP) is 2.53. The smallest absolute Gasteiger partial charge is 0.126 e. The first-order valence-corrected chi connectivity index (χ1v) is 6.19. The van der Waals surface area contributed by atoms with E-state index in [1.54, 1.807) is 18.2 Å². The van der Waals surface area contributed by atoms with Crippen LogP contribution in [-0.4, -0.2) is 22.4 Å². The lowest BCUT2D eigenvalue weighted by molar-refractivity contribution is -0.0191. The molecule has 2 unspecified atom stereocenters. The summed E-state index contributed by atoms with van der Waals surface area (Å²) in [4.78, 5) is 0. The molecule has 3 heteroatoms. The molecule has 17 heavy (non-hydrogen) atoms. The van der Waals surface area contributed by atoms with Crippen LogP contribution in [0.25, 0.3) is 0 Å². The molecule has 0 fully saturated rings. The molecule has 0 spiro atoms. The molecule has 0 aliphatic heterocycles. The molecule has 2 N–H and O–H groups in total. The van der Waals surface area contributed by atoms with E-state index in [0.717, 1.165) is 12.8 Å². The van der Waals surface area contributed by atoms with Crippen LogP contribution in [0.15, 0.2) is 24.3 Å². The fourth-order valence-corrected chi connectivity index (χ4v) is 2.10. The van der Waals surface area contributed by atoms with Gasteiger partial charge in [-0.15, -0.1) is 0 Å². The van der Waals surface area contributed by atoms with Gasteiger partial charge in [0.05, 0.1) is 12.2 Å². The highest BCUT2D eigenvalue weighted by molar-refractivity contribution is 5.18. The second kappa shape index (κ2) is 6.72. The lowest BCUT2D eigenvalue weighted by atomic mass is 9.90. The van der Waals surface area contributed by atoms with E-state index in [0.29, 0.717) is 5.56 Å². The van der Waals surface area contributed by atoms with Gasteiger partial charge in [0, 0.05) is 6.42 Å². The molecular formula is C14H21FO2. The molecule has 96 valence electrons. The van der Waals surface area contributed by atoms with Crippen LogP contribution < -0.4 is 0 Å². The number of benzene rings is 1. The highest BCUT2D eigenvalue weighted by Gasteiger charge is 2.24. The van der Waals surface area contributed by atoms with Crippen molar-refractivity contribution in [1.29, 1.82) is 0 Å². The Morgan fingerprint density at radius 3 is 2.24 bits per heavy atom. The van der Waals surface area contributed by atoms with E-state index >= 15 is 0 Å². The second-order valence-corrected chi connectivity index (χ2v) is 4.43. The molecule has 2 atom stereocenters. The van der Waals surface area contributed by atoms with Crippen molar-refractivity contribution in [1.82, 2.24) is 0 Å². The third-order valence-electron chi connectivity index (χ3n) is 3.31. The third kappa shape index (κ3) is 3.79. The van der Waals surface area contributed by atoms with E-state index in [2.05, 4.69) is 0 Å². The fraction of sp³-hybridized carbons (Fsp3) is 0.571. The van der Waals surface area contributed by atoms with Gasteiger partial charge in [-0.25, -0.2) is 4.39 Å². The van der Waals surface area contributed by atoms with Gasteiger partial charge >= 0.3 is 0 Å². The Bertz CT molecular complexity index is 337. The van der Waals surface area contributed by atoms with Gasteiger partial charge in [-0.05, 0) is 17.5 Å². The lowest BCUT2D eigenvalue weighted by Gasteiger charge is -2.25. The minimum absolute atomic E-state index is 0.0665. The van der Waals surface area contributed by atoms with Crippen LogP contribution >= 0.6 is 0 Å². The maximum atomic E-state index is 13.4. The number of hydrogen-bond acceptors (Lipinski definition) is 2. The van der Waals surface area contributed by atoms with E-state index in [1.165, 1.54) is 6.07 Å². The Hall–Kier alpha value is -0.930. The maximum Gasteiger partial charge on any atom is 0.126 e. The summed E-state index contributed by atoms with van der Waals surface area (Å²) in [5.41, 5.74) is 0.449. The van der Waals surface area contributed by atoms with E-state index in [-0.39, 0.29) is 18.2 Å². The molecule has 0 radical (unpaired) electrons. The van der Waals surface area contributed by atoms with Crippen LogP contribution in [-0.2, 0) is 6.42 Å². The Labute approximate surface area is 102 Å². The molecule has 2 nitrogen and oxygen atoms in total. The topological polar surface area (TPSA) is 40.5 Å². The minimum atomic E-state index is -0.906. The van der Waals surface area contributed by atoms with Crippen molar-refractivity contribution in [2.75, 3.05) is 0 Å². The van der Waals surface area contributed by atoms with Gasteiger partial charge in [-0.1, -0.05) is 44.9 Å². The van der Waals surface area contributed by atoms with Crippen molar-refractivity contribution < 1.29 is 14.6 Å². The van der Waals surface area contributed by atoms with Crippen molar-refractivity contribution in [2.24, 2.45) is 5.92 Å². The normalized spacial score (nSPS) is 14.9. The van der Waals surface area contributed by atoms with Gasteiger partial charge in [0.1, 0.15) is 5.82 Å². The molecule has 0 bridgehead atoms. The fourth-order valence-electron chi connectivity index (χ4n) is 2.10. The summed E-state index contributed by atoms with van der Waals surface area (Å²) >= 11 is 0. The molecule has 1 aromatic rings. The number of halogens is 1. The van der Waals surface area contributed by atoms with E-state index in [4.69, 9.17) is 0 Å². The highest BCUT2D eigenvalue weighted by atomic mass is 19.1. The highest BCUT2D eigenvalue weighted by Crippen LogP contribution is 2.19. The SMILES string of the molecule is CCC(CC)C(O)C(O)Cc1ccccc1F. The van der Waals surface area contributed by atoms with Crippen LogP contribution in [0.4, 0.5) is 4.39 Å². The summed E-state index contributed by atoms with van der Waals surface area (Å²) in [6.45, 7) is 3.96. The molecule has 0 saturated heterocycles. The maximum absolute atomic E-state index is 13.4. The molecule has 0 amide bonds. The summed E-state index contributed by atoms with van der Waals surface area (Å²) in [7, 11) is 0. The van der Waals surface area contributed by atoms with Gasteiger partial charge in [0.15, 0.2) is 0 Å². The summed E-state index contributed by atoms with van der Waals surface area (Å²) in [6, 6.07) is 6.35. The molecule has 0 aliphatic carbocycles. The largest absolute Gasteiger partial charge is 0.390 e. The molecule has 0 aromatic heterocycles. The molecule has 1 aromatic carbocycles. The quantitative estimate of drug-likeness (QED) is 0.802. The lowest BCUT2D eigenvalue weighted by Crippen LogP contribution is -2.34. The second-order valence-electron chi connectivity index (χ2n) is 4.43. The van der Waals surface area contributed by atoms with Crippen LogP contribution in [0.2, 0.25) is 0 Å². The minimum Gasteiger partial charge on any atom is -0.390 e. The van der Waals surface area contributed by atoms with Gasteiger partial charge in [-0.2, -0.15) is 0 Å². The summed E-state index contributed by atoms with van der Waals surface area (Å²) < 4.78 is 13.4. The Balaban J connectivity index is 2.65. The summed E-state index contributed by atoms with van der Waals surface area (Å²) in [5.74, 6) is -0.264. The number of hydrogen-bond donors (Lipinski definition) is 2. The van der Waals surface area contributed by atoms with Gasteiger partial charge in [0.2, 0.25) is 0 Å². The monoisotopic (exact) mass is 240 g/mol. The van der Waals surface area contributed by atoms with E-state index in [9.17, 15) is 14.6 Å². The number of aliphatic hydroxyl groups is 2. The molecule has 0 heterocycles. The third-order valence-corrected chi connectivity index (χ3v) is 3.31. The van der Waals surface area contributed by atoms with E-state index < -0.39 is 12.2 Å². The molecule has 1 rings (SSSR count). The van der Waals surface area contributed by atoms with Crippen molar-refractivity contribution >= 4 is 0 Å². The number of aliphatic hydroxyl groups excluding tert-OH is 2. The van der Waals surface area contributed by atoms with Crippen molar-refractivity contribution in [3.63, 3.8) is 0 Å². The Morgan fingerprint density at radius 2 is 1.71 bits per heavy atom. The van der Waals surface area contributed by atoms with Gasteiger partial charge < -0.3 is 10.2 Å². The first-order valence-electron chi connectivity index (χ1n) is 6.19. The predicted molar refractivity (Wildman–Crippen MR) is 66.2 cm³/mol. The molecule has 0 aliphatic rings. The standard InChI is InChI=1S/C14H21FO2/c1-3-10(4-2)14(17)13(16)9-11-7-5-6-8-12(11)15/h5-8,10,13-14,16-17H,3-4,9H2,1-2H3. The van der Waals surface area contributed by atoms with Crippen LogP contribution in [0.3, 0.4) is 0 Å². The average Bonchev–Trinajstić information content (AvgIpc) is 2.33. The average molecular weight is 240 g/mol. The summed E-state index contributed by atoms with van der Waals surface area (Å²) in [6.07, 6.45) is 0.0870. The number of rotatable bonds is 6. The van der Waals surface area contributed by atoms with Gasteiger partial charge in [0.25, 0.3) is 0 Å². The van der Waals surface area contributed by atoms with Crippen molar-refractivity contribution in [3.8, 4) is 0 Å². The first kappa shape index (κ1) is 14.1. The van der Waals surface area contributed by atoms with Crippen molar-refractivity contribution in [3.05, 3.63) is 35.6 Å². The van der Waals surface area contributed by atoms with Crippen molar-refractivity contribution in [2.45, 2.75) is 45.3 Å². The zero-order valence-corrected chi connectivity index (χ0v) is 10.4. The molecule has 0 saturated carbocycles. The van der Waals surface area contributed by atoms with Gasteiger partial charge in [-0.3, -0.25) is 0 Å². The Kier molecular flexibility index (Phi) is 5.59. The summed E-state index contributed by atoms with van der Waals surface area (Å²) in [5, 5.41) is 19.9. The van der Waals surface area contributed by atoms with Crippen LogP contribution in [0.1, 0.15) is 32.3 Å². The molecular weight excluding hydrogens is 219 g/mol. The zero-order chi connectivity index (χ0) is 12.8. The first-order chi connectivity index (χ1) is 8.10. The van der Waals surface area contributed by atoms with Crippen LogP contribution in [0.5, 0.6) is 0 Å². The Morgan fingerprint density at radius 1 is 1.12 bits per heavy atom. The van der Waals surface area contributed by atoms with Crippen LogP contribution in [0, 0.1) is 11.7 Å². The zero-order valence-electron chi connectivity index (χ0n) is 10.4. The van der Waals surface area contributed by atoms with E-state index in [1.807, 2.05) is 13.8 Å².